The zero-order valence-corrected chi connectivity index (χ0v) is 16.2. The number of nitrogens with zero attached hydrogens (tertiary/aromatic N) is 2. The Morgan fingerprint density at radius 2 is 1.15 bits per heavy atom. The molecule has 27 heavy (non-hydrogen) atoms. The molecule has 7 heteroatoms. The van der Waals surface area contributed by atoms with Gasteiger partial charge in [0.15, 0.2) is 0 Å². The molecule has 0 atom stereocenters. The Bertz CT molecular complexity index is 1090. The van der Waals surface area contributed by atoms with Crippen LogP contribution in [0.1, 0.15) is 27.7 Å². The highest BCUT2D eigenvalue weighted by Crippen LogP contribution is 2.41. The summed E-state index contributed by atoms with van der Waals surface area (Å²) >= 11 is 1.52. The summed E-state index contributed by atoms with van der Waals surface area (Å²) < 4.78 is 1.89. The van der Waals surface area contributed by atoms with Gasteiger partial charge >= 0.3 is 0 Å². The maximum absolute atomic E-state index is 12.2. The van der Waals surface area contributed by atoms with Crippen molar-refractivity contribution in [2.45, 2.75) is 27.7 Å². The van der Waals surface area contributed by atoms with Crippen LogP contribution in [0.4, 0.5) is 11.4 Å². The number of hydrogen-bond donors (Lipinski definition) is 0. The molecule has 0 N–H and O–H groups in total. The number of carbonyl (C=O) groups is 4. The Kier molecular flexibility index (Phi) is 4.80. The minimum Gasteiger partial charge on any atom is -0.274 e. The van der Waals surface area contributed by atoms with E-state index in [2.05, 4.69) is 0 Å². The van der Waals surface area contributed by atoms with Crippen molar-refractivity contribution in [1.29, 1.82) is 0 Å². The predicted molar refractivity (Wildman–Crippen MR) is 107 cm³/mol. The van der Waals surface area contributed by atoms with Gasteiger partial charge in [-0.05, 0) is 18.2 Å². The van der Waals surface area contributed by atoms with Gasteiger partial charge in [0.05, 0.1) is 11.4 Å². The molecule has 3 aromatic rings. The Morgan fingerprint density at radius 3 is 1.67 bits per heavy atom. The van der Waals surface area contributed by atoms with Crippen LogP contribution in [0.3, 0.4) is 0 Å². The summed E-state index contributed by atoms with van der Waals surface area (Å²) in [6.07, 6.45) is 0. The van der Waals surface area contributed by atoms with E-state index >= 15 is 0 Å². The maximum Gasteiger partial charge on any atom is 0.230 e. The van der Waals surface area contributed by atoms with Gasteiger partial charge < -0.3 is 0 Å². The summed E-state index contributed by atoms with van der Waals surface area (Å²) in [5, 5.41) is 1.84. The van der Waals surface area contributed by atoms with Gasteiger partial charge in [-0.25, -0.2) is 9.80 Å². The molecule has 3 rings (SSSR count). The quantitative estimate of drug-likeness (QED) is 0.675. The van der Waals surface area contributed by atoms with E-state index in [1.807, 2.05) is 24.3 Å². The number of anilines is 2. The smallest absolute Gasteiger partial charge is 0.230 e. The van der Waals surface area contributed by atoms with Crippen LogP contribution in [0.2, 0.25) is 0 Å². The van der Waals surface area contributed by atoms with Crippen LogP contribution in [-0.4, -0.2) is 23.6 Å². The van der Waals surface area contributed by atoms with Gasteiger partial charge in [-0.2, -0.15) is 0 Å². The van der Waals surface area contributed by atoms with Gasteiger partial charge in [0, 0.05) is 47.9 Å². The number of hydrogen-bond acceptors (Lipinski definition) is 5. The topological polar surface area (TPSA) is 74.8 Å². The average molecular weight is 382 g/mol. The standard InChI is InChI=1S/C20H18N2O4S/c1-11(23)21(12(2)24)17-9-16-15-7-5-6-8-19(15)27-20(16)10-18(17)22(13(3)25)14(4)26/h5-10H,1-4H3. The van der Waals surface area contributed by atoms with E-state index in [1.165, 1.54) is 39.0 Å². The van der Waals surface area contributed by atoms with Gasteiger partial charge in [0.25, 0.3) is 0 Å². The summed E-state index contributed by atoms with van der Waals surface area (Å²) in [6.45, 7) is 5.08. The van der Waals surface area contributed by atoms with E-state index in [9.17, 15) is 19.2 Å². The number of benzene rings is 2. The maximum atomic E-state index is 12.2. The molecule has 0 spiro atoms. The summed E-state index contributed by atoms with van der Waals surface area (Å²) in [5.41, 5.74) is 0.441. The van der Waals surface area contributed by atoms with E-state index in [1.54, 1.807) is 12.1 Å². The van der Waals surface area contributed by atoms with Gasteiger partial charge in [-0.1, -0.05) is 18.2 Å². The predicted octanol–water partition coefficient (Wildman–Crippen LogP) is 3.85. The number of imide groups is 2. The summed E-state index contributed by atoms with van der Waals surface area (Å²) in [5.74, 6) is -1.96. The second kappa shape index (κ2) is 6.92. The SMILES string of the molecule is CC(=O)N(C(C)=O)c1cc2sc3ccccc3c2cc1N(C(C)=O)C(C)=O. The van der Waals surface area contributed by atoms with Crippen molar-refractivity contribution in [1.82, 2.24) is 0 Å². The van der Waals surface area contributed by atoms with E-state index < -0.39 is 23.6 Å². The number of amides is 4. The molecule has 0 saturated heterocycles. The third kappa shape index (κ3) is 3.21. The Hall–Kier alpha value is -3.06. The van der Waals surface area contributed by atoms with Crippen molar-refractivity contribution in [3.63, 3.8) is 0 Å². The minimum atomic E-state index is -0.491. The molecule has 138 valence electrons. The first-order chi connectivity index (χ1) is 12.7. The highest BCUT2D eigenvalue weighted by atomic mass is 32.1. The number of rotatable bonds is 2. The molecule has 0 radical (unpaired) electrons. The number of fused-ring (bicyclic) bond motifs is 3. The third-order valence-electron chi connectivity index (χ3n) is 4.22. The molecule has 6 nitrogen and oxygen atoms in total. The third-order valence-corrected chi connectivity index (χ3v) is 5.35. The zero-order chi connectivity index (χ0) is 19.9. The normalized spacial score (nSPS) is 10.8. The molecule has 0 fully saturated rings. The van der Waals surface area contributed by atoms with Crippen LogP contribution in [0.25, 0.3) is 20.2 Å². The van der Waals surface area contributed by atoms with Crippen molar-refractivity contribution in [3.8, 4) is 0 Å². The van der Waals surface area contributed by atoms with Crippen LogP contribution in [0.15, 0.2) is 36.4 Å². The van der Waals surface area contributed by atoms with Gasteiger partial charge in [0.2, 0.25) is 23.6 Å². The van der Waals surface area contributed by atoms with Crippen LogP contribution in [0.5, 0.6) is 0 Å². The highest BCUT2D eigenvalue weighted by molar-refractivity contribution is 7.25. The van der Waals surface area contributed by atoms with Crippen LogP contribution in [-0.2, 0) is 19.2 Å². The fourth-order valence-electron chi connectivity index (χ4n) is 3.23. The molecule has 0 aliphatic carbocycles. The Balaban J connectivity index is 2.43. The second-order valence-corrected chi connectivity index (χ2v) is 7.27. The first kappa shape index (κ1) is 18.7. The van der Waals surface area contributed by atoms with Crippen LogP contribution < -0.4 is 9.80 Å². The lowest BCUT2D eigenvalue weighted by atomic mass is 10.1. The van der Waals surface area contributed by atoms with Gasteiger partial charge in [-0.15, -0.1) is 11.3 Å². The molecule has 0 unspecified atom stereocenters. The minimum absolute atomic E-state index is 0.219. The monoisotopic (exact) mass is 382 g/mol. The molecule has 0 saturated carbocycles. The molecule has 0 aliphatic rings. The molecule has 0 bridgehead atoms. The largest absolute Gasteiger partial charge is 0.274 e. The fraction of sp³-hybridized carbons (Fsp3) is 0.200. The first-order valence-electron chi connectivity index (χ1n) is 8.30. The highest BCUT2D eigenvalue weighted by Gasteiger charge is 2.27. The van der Waals surface area contributed by atoms with E-state index in [-0.39, 0.29) is 11.4 Å². The Morgan fingerprint density at radius 1 is 0.667 bits per heavy atom. The molecule has 0 aliphatic heterocycles. The molecule has 1 heterocycles. The van der Waals surface area contributed by atoms with E-state index in [4.69, 9.17) is 0 Å². The van der Waals surface area contributed by atoms with Crippen LogP contribution >= 0.6 is 11.3 Å². The Labute approximate surface area is 160 Å². The molecular weight excluding hydrogens is 364 g/mol. The zero-order valence-electron chi connectivity index (χ0n) is 15.4. The second-order valence-electron chi connectivity index (χ2n) is 6.18. The van der Waals surface area contributed by atoms with Crippen molar-refractivity contribution in [2.24, 2.45) is 0 Å². The lowest BCUT2D eigenvalue weighted by Crippen LogP contribution is -2.38. The fourth-order valence-corrected chi connectivity index (χ4v) is 4.35. The van der Waals surface area contributed by atoms with E-state index in [0.29, 0.717) is 0 Å². The summed E-state index contributed by atoms with van der Waals surface area (Å²) in [7, 11) is 0. The van der Waals surface area contributed by atoms with Crippen molar-refractivity contribution in [2.75, 3.05) is 9.80 Å². The first-order valence-corrected chi connectivity index (χ1v) is 9.11. The summed E-state index contributed by atoms with van der Waals surface area (Å²) in [6, 6.07) is 11.2. The van der Waals surface area contributed by atoms with Gasteiger partial charge in [-0.3, -0.25) is 19.2 Å². The lowest BCUT2D eigenvalue weighted by molar-refractivity contribution is -0.126. The molecule has 4 amide bonds. The van der Waals surface area contributed by atoms with Crippen molar-refractivity contribution < 1.29 is 19.2 Å². The summed E-state index contributed by atoms with van der Waals surface area (Å²) in [4.78, 5) is 50.5. The number of thiophene rings is 1. The van der Waals surface area contributed by atoms with Gasteiger partial charge in [0.1, 0.15) is 0 Å². The molecule has 1 aromatic heterocycles. The van der Waals surface area contributed by atoms with Crippen molar-refractivity contribution >= 4 is 66.5 Å². The molecular formula is C20H18N2O4S. The van der Waals surface area contributed by atoms with Crippen LogP contribution in [0, 0.1) is 0 Å². The molecule has 2 aromatic carbocycles. The lowest BCUT2D eigenvalue weighted by Gasteiger charge is -2.26. The average Bonchev–Trinajstić information content (AvgIpc) is 2.91. The van der Waals surface area contributed by atoms with E-state index in [0.717, 1.165) is 30.0 Å². The number of carbonyl (C=O) groups excluding carboxylic acids is 4. The van der Waals surface area contributed by atoms with Crippen molar-refractivity contribution in [3.05, 3.63) is 36.4 Å².